The van der Waals surface area contributed by atoms with Gasteiger partial charge in [0.15, 0.2) is 0 Å². The molecule has 0 saturated carbocycles. The number of β-lactam (4-membered cyclic amide) rings is 1. The number of rotatable bonds is 5. The molecule has 2 aromatic carbocycles. The number of amides is 1. The van der Waals surface area contributed by atoms with Crippen molar-refractivity contribution >= 4 is 12.0 Å². The molecule has 0 unspecified atom stereocenters. The summed E-state index contributed by atoms with van der Waals surface area (Å²) in [5.74, 6) is -0.0412. The minimum absolute atomic E-state index is 0.00656. The number of hydrogen-bond donors (Lipinski definition) is 0. The maximum absolute atomic E-state index is 13.0. The summed E-state index contributed by atoms with van der Waals surface area (Å²) in [6, 6.07) is 26.1. The lowest BCUT2D eigenvalue weighted by Gasteiger charge is -2.49. The average Bonchev–Trinajstić information content (AvgIpc) is 2.74. The topological polar surface area (TPSA) is 33.2 Å². The molecule has 0 N–H and O–H groups in total. The zero-order chi connectivity index (χ0) is 18.6. The summed E-state index contributed by atoms with van der Waals surface area (Å²) < 4.78 is 0. The van der Waals surface area contributed by atoms with Crippen molar-refractivity contribution in [2.45, 2.75) is 19.0 Å². The van der Waals surface area contributed by atoms with Gasteiger partial charge in [-0.1, -0.05) is 78.9 Å². The van der Waals surface area contributed by atoms with E-state index in [0.29, 0.717) is 0 Å². The van der Waals surface area contributed by atoms with Crippen LogP contribution >= 0.6 is 0 Å². The van der Waals surface area contributed by atoms with Gasteiger partial charge in [0.25, 0.3) is 0 Å². The Morgan fingerprint density at radius 2 is 1.59 bits per heavy atom. The van der Waals surface area contributed by atoms with Crippen molar-refractivity contribution in [1.82, 2.24) is 9.88 Å². The molecule has 1 aliphatic rings. The molecule has 2 heterocycles. The van der Waals surface area contributed by atoms with Gasteiger partial charge in [0, 0.05) is 6.20 Å². The molecule has 1 amide bonds. The van der Waals surface area contributed by atoms with Crippen molar-refractivity contribution in [3.8, 4) is 0 Å². The normalized spacial score (nSPS) is 20.5. The third kappa shape index (κ3) is 3.41. The number of likely N-dealkylation sites (tertiary alicyclic amines) is 1. The lowest BCUT2D eigenvalue weighted by Crippen LogP contribution is -2.55. The molecule has 3 heteroatoms. The zero-order valence-electron chi connectivity index (χ0n) is 15.3. The molecule has 1 saturated heterocycles. The maximum Gasteiger partial charge on any atom is 0.233 e. The van der Waals surface area contributed by atoms with Crippen LogP contribution in [-0.2, 0) is 4.79 Å². The van der Waals surface area contributed by atoms with Gasteiger partial charge >= 0.3 is 0 Å². The van der Waals surface area contributed by atoms with Crippen molar-refractivity contribution < 1.29 is 4.79 Å². The molecular weight excluding hydrogens is 332 g/mol. The number of carbonyl (C=O) groups excluding carboxylic acids is 1. The van der Waals surface area contributed by atoms with Crippen molar-refractivity contribution in [1.29, 1.82) is 0 Å². The zero-order valence-corrected chi connectivity index (χ0v) is 15.3. The molecule has 0 spiro atoms. The lowest BCUT2D eigenvalue weighted by atomic mass is 9.81. The van der Waals surface area contributed by atoms with Crippen LogP contribution in [-0.4, -0.2) is 15.8 Å². The van der Waals surface area contributed by atoms with Crippen LogP contribution in [0.2, 0.25) is 0 Å². The second-order valence-corrected chi connectivity index (χ2v) is 6.83. The first-order chi connectivity index (χ1) is 13.3. The Morgan fingerprint density at radius 3 is 2.26 bits per heavy atom. The summed E-state index contributed by atoms with van der Waals surface area (Å²) in [5.41, 5.74) is 3.17. The number of carbonyl (C=O) groups is 1. The van der Waals surface area contributed by atoms with Gasteiger partial charge in [-0.15, -0.1) is 0 Å². The van der Waals surface area contributed by atoms with Crippen LogP contribution < -0.4 is 0 Å². The molecule has 3 aromatic rings. The monoisotopic (exact) mass is 354 g/mol. The lowest BCUT2D eigenvalue weighted by molar-refractivity contribution is -0.157. The van der Waals surface area contributed by atoms with Crippen molar-refractivity contribution in [3.05, 3.63) is 108 Å². The molecule has 3 nitrogen and oxygen atoms in total. The highest BCUT2D eigenvalue weighted by Crippen LogP contribution is 2.45. The molecule has 134 valence electrons. The maximum atomic E-state index is 13.0. The Balaban J connectivity index is 1.64. The third-order valence-electron chi connectivity index (χ3n) is 5.17. The van der Waals surface area contributed by atoms with Crippen LogP contribution in [0.5, 0.6) is 0 Å². The van der Waals surface area contributed by atoms with E-state index < -0.39 is 0 Å². The van der Waals surface area contributed by atoms with E-state index in [1.807, 2.05) is 83.8 Å². The fourth-order valence-electron chi connectivity index (χ4n) is 3.70. The summed E-state index contributed by atoms with van der Waals surface area (Å²) in [7, 11) is 0. The number of aromatic nitrogens is 1. The number of benzene rings is 2. The Labute approximate surface area is 160 Å². The molecule has 0 bridgehead atoms. The van der Waals surface area contributed by atoms with E-state index in [-0.39, 0.29) is 23.9 Å². The predicted octanol–water partition coefficient (Wildman–Crippen LogP) is 5.06. The van der Waals surface area contributed by atoms with Crippen molar-refractivity contribution in [2.75, 3.05) is 0 Å². The van der Waals surface area contributed by atoms with Crippen molar-refractivity contribution in [2.24, 2.45) is 5.92 Å². The summed E-state index contributed by atoms with van der Waals surface area (Å²) in [6.45, 7) is 2.08. The molecular formula is C24H22N2O. The standard InChI is InChI=1S/C24H22N2O/c1-18(20-12-6-3-7-13-20)26-23(22-14-8-9-17-25-22)21(24(26)27)16-15-19-10-4-2-5-11-19/h2-18,21,23H,1H3/b16-15+/t18-,21-,23+/m1/s1. The van der Waals surface area contributed by atoms with E-state index in [1.54, 1.807) is 6.20 Å². The van der Waals surface area contributed by atoms with E-state index in [1.165, 1.54) is 0 Å². The van der Waals surface area contributed by atoms with Gasteiger partial charge in [0.05, 0.1) is 23.7 Å². The summed E-state index contributed by atoms with van der Waals surface area (Å²) in [6.07, 6.45) is 5.84. The first-order valence-corrected chi connectivity index (χ1v) is 9.27. The second kappa shape index (κ2) is 7.58. The smallest absolute Gasteiger partial charge is 0.233 e. The van der Waals surface area contributed by atoms with Crippen LogP contribution in [0, 0.1) is 5.92 Å². The molecule has 1 aliphatic heterocycles. The van der Waals surface area contributed by atoms with Gasteiger partial charge < -0.3 is 4.90 Å². The largest absolute Gasteiger partial charge is 0.326 e. The van der Waals surface area contributed by atoms with Gasteiger partial charge in [-0.05, 0) is 30.2 Å². The van der Waals surface area contributed by atoms with Crippen LogP contribution in [0.1, 0.15) is 35.8 Å². The van der Waals surface area contributed by atoms with Gasteiger partial charge in [-0.3, -0.25) is 9.78 Å². The summed E-state index contributed by atoms with van der Waals surface area (Å²) in [5, 5.41) is 0. The van der Waals surface area contributed by atoms with E-state index >= 15 is 0 Å². The highest BCUT2D eigenvalue weighted by Gasteiger charge is 2.49. The molecule has 1 fully saturated rings. The van der Waals surface area contributed by atoms with E-state index in [4.69, 9.17) is 0 Å². The Bertz CT molecular complexity index is 922. The van der Waals surface area contributed by atoms with Crippen LogP contribution in [0.15, 0.2) is 91.1 Å². The molecule has 1 aromatic heterocycles. The second-order valence-electron chi connectivity index (χ2n) is 6.83. The SMILES string of the molecule is C[C@H](c1ccccc1)N1C(=O)[C@H](/C=C/c2ccccc2)[C@H]1c1ccccn1. The Morgan fingerprint density at radius 1 is 0.926 bits per heavy atom. The van der Waals surface area contributed by atoms with E-state index in [0.717, 1.165) is 16.8 Å². The highest BCUT2D eigenvalue weighted by molar-refractivity contribution is 5.89. The minimum atomic E-state index is -0.189. The van der Waals surface area contributed by atoms with Crippen LogP contribution in [0.3, 0.4) is 0 Å². The van der Waals surface area contributed by atoms with Gasteiger partial charge in [-0.2, -0.15) is 0 Å². The van der Waals surface area contributed by atoms with E-state index in [9.17, 15) is 4.79 Å². The molecule has 3 atom stereocenters. The third-order valence-corrected chi connectivity index (χ3v) is 5.17. The number of hydrogen-bond acceptors (Lipinski definition) is 2. The first-order valence-electron chi connectivity index (χ1n) is 9.27. The average molecular weight is 354 g/mol. The number of pyridine rings is 1. The highest BCUT2D eigenvalue weighted by atomic mass is 16.2. The van der Waals surface area contributed by atoms with Crippen LogP contribution in [0.4, 0.5) is 0 Å². The molecule has 0 radical (unpaired) electrons. The van der Waals surface area contributed by atoms with Crippen molar-refractivity contribution in [3.63, 3.8) is 0 Å². The molecule has 4 rings (SSSR count). The summed E-state index contributed by atoms with van der Waals surface area (Å²) >= 11 is 0. The minimum Gasteiger partial charge on any atom is -0.326 e. The Hall–Kier alpha value is -3.20. The first kappa shape index (κ1) is 17.2. The summed E-state index contributed by atoms with van der Waals surface area (Å²) in [4.78, 5) is 19.5. The quantitative estimate of drug-likeness (QED) is 0.600. The number of nitrogens with zero attached hydrogens (tertiary/aromatic N) is 2. The fraction of sp³-hybridized carbons (Fsp3) is 0.167. The van der Waals surface area contributed by atoms with Gasteiger partial charge in [-0.25, -0.2) is 0 Å². The van der Waals surface area contributed by atoms with Gasteiger partial charge in [0.1, 0.15) is 0 Å². The van der Waals surface area contributed by atoms with Gasteiger partial charge in [0.2, 0.25) is 5.91 Å². The van der Waals surface area contributed by atoms with E-state index in [2.05, 4.69) is 24.0 Å². The molecule has 27 heavy (non-hydrogen) atoms. The van der Waals surface area contributed by atoms with Crippen LogP contribution in [0.25, 0.3) is 6.08 Å². The molecule has 0 aliphatic carbocycles. The fourth-order valence-corrected chi connectivity index (χ4v) is 3.70. The predicted molar refractivity (Wildman–Crippen MR) is 108 cm³/mol. The Kier molecular flexibility index (Phi) is 4.84.